The first-order valence-corrected chi connectivity index (χ1v) is 21.4. The summed E-state index contributed by atoms with van der Waals surface area (Å²) in [4.78, 5) is 29.0. The molecule has 1 fully saturated rings. The molecule has 1 N–H and O–H groups in total. The van der Waals surface area contributed by atoms with Crippen molar-refractivity contribution in [3.05, 3.63) is 24.4 Å². The maximum atomic E-state index is 13.1. The van der Waals surface area contributed by atoms with Crippen molar-refractivity contribution in [3.63, 3.8) is 0 Å². The van der Waals surface area contributed by atoms with Gasteiger partial charge in [0.1, 0.15) is 18.4 Å². The van der Waals surface area contributed by atoms with Crippen LogP contribution in [0.4, 0.5) is 5.82 Å². The molecule has 11 heteroatoms. The number of hydroxylamine groups is 1. The van der Waals surface area contributed by atoms with Crippen LogP contribution in [0.3, 0.4) is 0 Å². The quantitative estimate of drug-likeness (QED) is 0.0905. The topological polar surface area (TPSA) is 114 Å². The molecule has 0 amide bonds. The highest BCUT2D eigenvalue weighted by Gasteiger charge is 2.34. The van der Waals surface area contributed by atoms with Crippen LogP contribution >= 0.6 is 0 Å². The zero-order valence-electron chi connectivity index (χ0n) is 31.1. The van der Waals surface area contributed by atoms with E-state index < -0.39 is 16.8 Å². The van der Waals surface area contributed by atoms with E-state index in [0.717, 1.165) is 32.4 Å². The van der Waals surface area contributed by atoms with Crippen LogP contribution < -0.4 is 5.06 Å². The van der Waals surface area contributed by atoms with E-state index in [-0.39, 0.29) is 24.8 Å². The van der Waals surface area contributed by atoms with E-state index in [1.165, 1.54) is 96.3 Å². The van der Waals surface area contributed by atoms with E-state index in [2.05, 4.69) is 16.8 Å². The Balaban J connectivity index is 1.37. The molecule has 0 aromatic carbocycles. The number of carboxylic acid groups (broad SMARTS) is 1. The highest BCUT2D eigenvalue weighted by molar-refractivity contribution is 7.85. The van der Waals surface area contributed by atoms with E-state index in [1.807, 2.05) is 24.4 Å². The summed E-state index contributed by atoms with van der Waals surface area (Å²) in [6, 6.07) is 5.71. The van der Waals surface area contributed by atoms with Gasteiger partial charge in [0.15, 0.2) is 5.82 Å². The third-order valence-electron chi connectivity index (χ3n) is 9.60. The summed E-state index contributed by atoms with van der Waals surface area (Å²) < 4.78 is 25.5. The fourth-order valence-corrected chi connectivity index (χ4v) is 7.73. The molecule has 50 heavy (non-hydrogen) atoms. The number of aromatic nitrogens is 1. The number of carboxylic acids is 1. The summed E-state index contributed by atoms with van der Waals surface area (Å²) in [6.45, 7) is 5.65. The molecule has 3 rings (SSSR count). The van der Waals surface area contributed by atoms with E-state index in [9.17, 15) is 9.00 Å². The highest BCUT2D eigenvalue weighted by Crippen LogP contribution is 2.22. The number of nitrogens with zero attached hydrogens (tertiary/aromatic N) is 4. The average molecular weight is 721 g/mol. The first-order valence-electron chi connectivity index (χ1n) is 19.9. The molecule has 0 radical (unpaired) electrons. The molecular weight excluding hydrogens is 653 g/mol. The number of unbranched alkanes of at least 4 members (excludes halogenated alkanes) is 17. The molecule has 0 spiro atoms. The van der Waals surface area contributed by atoms with Crippen LogP contribution in [0.15, 0.2) is 29.4 Å². The smallest absolute Gasteiger partial charge is 0.303 e. The third-order valence-corrected chi connectivity index (χ3v) is 11.0. The molecule has 0 aliphatic carbocycles. The lowest BCUT2D eigenvalue weighted by molar-refractivity contribution is -0.137. The lowest BCUT2D eigenvalue weighted by Gasteiger charge is -2.36. The lowest BCUT2D eigenvalue weighted by Crippen LogP contribution is -2.50. The second-order valence-corrected chi connectivity index (χ2v) is 15.6. The van der Waals surface area contributed by atoms with Crippen LogP contribution in [0.2, 0.25) is 0 Å². The number of aliphatic carboxylic acids is 1. The Hall–Kier alpha value is -1.92. The van der Waals surface area contributed by atoms with Gasteiger partial charge in [0.2, 0.25) is 0 Å². The molecule has 2 aliphatic heterocycles. The Bertz CT molecular complexity index is 1050. The largest absolute Gasteiger partial charge is 0.481 e. The molecule has 0 saturated carbocycles. The molecule has 1 aromatic rings. The Labute approximate surface area is 305 Å². The van der Waals surface area contributed by atoms with Crippen LogP contribution in [0.25, 0.3) is 0 Å². The van der Waals surface area contributed by atoms with Gasteiger partial charge in [-0.2, -0.15) is 0 Å². The SMILES string of the molecule is CCCCCCCCCCCCCCCCCCOCC1CS(=O)CCOC(C2N=CCN2CCCCCC(=O)O)CN(c2ccccn2)O1. The van der Waals surface area contributed by atoms with E-state index >= 15 is 0 Å². The lowest BCUT2D eigenvalue weighted by atomic mass is 10.0. The maximum absolute atomic E-state index is 13.1. The molecule has 3 heterocycles. The molecule has 10 nitrogen and oxygen atoms in total. The monoisotopic (exact) mass is 720 g/mol. The Morgan fingerprint density at radius 2 is 1.58 bits per heavy atom. The standard InChI is InChI=1S/C39H68N4O6S/c1-2-3-4-5-6-7-8-9-10-11-12-13-14-15-16-22-29-47-33-35-34-50(46)31-30-48-36(32-43(49-35)37-23-19-20-25-40-37)39-41-26-28-42(39)27-21-17-18-24-38(44)45/h19-20,23,25-26,35-36,39H,2-18,21-22,24,27-34H2,1H3,(H,44,45). The summed E-state index contributed by atoms with van der Waals surface area (Å²) in [7, 11) is -1.12. The summed E-state index contributed by atoms with van der Waals surface area (Å²) in [5, 5.41) is 10.7. The van der Waals surface area contributed by atoms with Gasteiger partial charge in [0.05, 0.1) is 25.5 Å². The van der Waals surface area contributed by atoms with Crippen LogP contribution in [-0.2, 0) is 29.9 Å². The zero-order valence-corrected chi connectivity index (χ0v) is 31.9. The fraction of sp³-hybridized carbons (Fsp3) is 0.821. The maximum Gasteiger partial charge on any atom is 0.303 e. The van der Waals surface area contributed by atoms with Crippen molar-refractivity contribution in [2.24, 2.45) is 4.99 Å². The van der Waals surface area contributed by atoms with E-state index in [1.54, 1.807) is 11.3 Å². The number of ether oxygens (including phenoxy) is 2. The predicted molar refractivity (Wildman–Crippen MR) is 204 cm³/mol. The predicted octanol–water partition coefficient (Wildman–Crippen LogP) is 7.97. The van der Waals surface area contributed by atoms with Crippen molar-refractivity contribution in [1.82, 2.24) is 9.88 Å². The number of carbonyl (C=O) groups is 1. The second kappa shape index (κ2) is 27.7. The molecule has 2 aliphatic rings. The van der Waals surface area contributed by atoms with Gasteiger partial charge in [-0.15, -0.1) is 0 Å². The van der Waals surface area contributed by atoms with Crippen molar-refractivity contribution < 1.29 is 28.4 Å². The minimum atomic E-state index is -1.12. The molecule has 1 saturated heterocycles. The molecule has 4 atom stereocenters. The summed E-state index contributed by atoms with van der Waals surface area (Å²) >= 11 is 0. The minimum absolute atomic E-state index is 0.198. The molecular formula is C39H68N4O6S. The number of hydrogen-bond acceptors (Lipinski definition) is 9. The Morgan fingerprint density at radius 3 is 2.22 bits per heavy atom. The third kappa shape index (κ3) is 19.1. The van der Waals surface area contributed by atoms with Crippen molar-refractivity contribution >= 4 is 28.8 Å². The van der Waals surface area contributed by atoms with Gasteiger partial charge in [0, 0.05) is 55.1 Å². The van der Waals surface area contributed by atoms with Crippen molar-refractivity contribution in [2.45, 2.75) is 154 Å². The number of hydrogen-bond donors (Lipinski definition) is 1. The first-order chi connectivity index (χ1) is 24.6. The van der Waals surface area contributed by atoms with Crippen LogP contribution in [0, 0.1) is 0 Å². The Kier molecular flexibility index (Phi) is 23.5. The molecule has 4 unspecified atom stereocenters. The zero-order chi connectivity index (χ0) is 35.5. The van der Waals surface area contributed by atoms with Gasteiger partial charge < -0.3 is 14.6 Å². The minimum Gasteiger partial charge on any atom is -0.481 e. The van der Waals surface area contributed by atoms with Gasteiger partial charge in [-0.25, -0.2) is 10.0 Å². The van der Waals surface area contributed by atoms with Crippen molar-refractivity contribution in [1.29, 1.82) is 0 Å². The number of pyridine rings is 1. The van der Waals surface area contributed by atoms with Crippen LogP contribution in [0.5, 0.6) is 0 Å². The summed E-state index contributed by atoms with van der Waals surface area (Å²) in [6.07, 6.45) is 26.9. The highest BCUT2D eigenvalue weighted by atomic mass is 32.2. The molecule has 286 valence electrons. The molecule has 1 aromatic heterocycles. The number of anilines is 1. The summed E-state index contributed by atoms with van der Waals surface area (Å²) in [5.74, 6) is 0.723. The van der Waals surface area contributed by atoms with Gasteiger partial charge in [-0.05, 0) is 31.4 Å². The average Bonchev–Trinajstić information content (AvgIpc) is 3.58. The van der Waals surface area contributed by atoms with Gasteiger partial charge in [0.25, 0.3) is 0 Å². The van der Waals surface area contributed by atoms with Crippen LogP contribution in [-0.4, -0.2) is 101 Å². The number of aliphatic imine (C=N–C) groups is 1. The van der Waals surface area contributed by atoms with Crippen molar-refractivity contribution in [2.75, 3.05) is 56.0 Å². The van der Waals surface area contributed by atoms with E-state index in [4.69, 9.17) is 24.4 Å². The number of rotatable bonds is 27. The van der Waals surface area contributed by atoms with Gasteiger partial charge in [-0.3, -0.25) is 23.7 Å². The fourth-order valence-electron chi connectivity index (χ4n) is 6.71. The summed E-state index contributed by atoms with van der Waals surface area (Å²) in [5.41, 5.74) is 0. The normalized spacial score (nSPS) is 21.9. The van der Waals surface area contributed by atoms with Gasteiger partial charge in [-0.1, -0.05) is 116 Å². The van der Waals surface area contributed by atoms with Crippen molar-refractivity contribution in [3.8, 4) is 0 Å². The van der Waals surface area contributed by atoms with Gasteiger partial charge >= 0.3 is 5.97 Å². The first kappa shape index (κ1) is 42.5. The van der Waals surface area contributed by atoms with E-state index in [0.29, 0.717) is 50.1 Å². The Morgan fingerprint density at radius 1 is 0.920 bits per heavy atom. The van der Waals surface area contributed by atoms with Crippen LogP contribution in [0.1, 0.15) is 135 Å². The second-order valence-electron chi connectivity index (χ2n) is 14.0. The molecule has 0 bridgehead atoms.